The summed E-state index contributed by atoms with van der Waals surface area (Å²) in [5, 5.41) is 2.15. The first kappa shape index (κ1) is 9.84. The maximum Gasteiger partial charge on any atom is 0.345 e. The van der Waals surface area contributed by atoms with Gasteiger partial charge in [-0.3, -0.25) is 4.98 Å². The van der Waals surface area contributed by atoms with E-state index in [-0.39, 0.29) is 0 Å². The number of fused-ring (bicyclic) bond motifs is 3. The lowest BCUT2D eigenvalue weighted by Crippen LogP contribution is -2.01. The van der Waals surface area contributed by atoms with Crippen LogP contribution in [-0.4, -0.2) is 12.1 Å². The van der Waals surface area contributed by atoms with E-state index in [1.54, 1.807) is 25.4 Å². The van der Waals surface area contributed by atoms with Gasteiger partial charge >= 0.3 is 5.63 Å². The quantitative estimate of drug-likeness (QED) is 0.473. The molecule has 2 heterocycles. The molecule has 3 rings (SSSR count). The van der Waals surface area contributed by atoms with Gasteiger partial charge in [0, 0.05) is 23.2 Å². The van der Waals surface area contributed by atoms with Crippen molar-refractivity contribution in [1.29, 1.82) is 0 Å². The summed E-state index contributed by atoms with van der Waals surface area (Å²) in [6, 6.07) is 7.32. The van der Waals surface area contributed by atoms with Gasteiger partial charge < -0.3 is 9.15 Å². The number of para-hydroxylation sites is 1. The van der Waals surface area contributed by atoms with Crippen molar-refractivity contribution < 1.29 is 9.15 Å². The molecule has 0 aliphatic heterocycles. The summed E-state index contributed by atoms with van der Waals surface area (Å²) in [7, 11) is 1.55. The van der Waals surface area contributed by atoms with Gasteiger partial charge in [-0.05, 0) is 12.1 Å². The van der Waals surface area contributed by atoms with Crippen LogP contribution in [0.2, 0.25) is 0 Å². The summed E-state index contributed by atoms with van der Waals surface area (Å²) >= 11 is 0. The van der Waals surface area contributed by atoms with Crippen molar-refractivity contribution >= 4 is 21.7 Å². The second-order valence-corrected chi connectivity index (χ2v) is 3.65. The molecule has 0 aliphatic carbocycles. The Bertz CT molecular complexity index is 761. The predicted octanol–water partition coefficient (Wildman–Crippen LogP) is 2.35. The SMILES string of the molecule is COc1cccc2c1oc(=O)c1cnccc12. The third-order valence-corrected chi connectivity index (χ3v) is 2.72. The lowest BCUT2D eigenvalue weighted by atomic mass is 10.1. The Labute approximate surface area is 96.5 Å². The average molecular weight is 227 g/mol. The maximum atomic E-state index is 11.8. The normalized spacial score (nSPS) is 10.9. The van der Waals surface area contributed by atoms with E-state index in [9.17, 15) is 4.79 Å². The minimum Gasteiger partial charge on any atom is -0.493 e. The zero-order valence-electron chi connectivity index (χ0n) is 9.14. The van der Waals surface area contributed by atoms with Gasteiger partial charge in [0.1, 0.15) is 0 Å². The average Bonchev–Trinajstić information content (AvgIpc) is 2.39. The number of benzene rings is 1. The Morgan fingerprint density at radius 3 is 2.88 bits per heavy atom. The Morgan fingerprint density at radius 1 is 1.18 bits per heavy atom. The second-order valence-electron chi connectivity index (χ2n) is 3.65. The zero-order chi connectivity index (χ0) is 11.8. The molecule has 4 nitrogen and oxygen atoms in total. The fourth-order valence-corrected chi connectivity index (χ4v) is 1.93. The molecule has 0 unspecified atom stereocenters. The monoisotopic (exact) mass is 227 g/mol. The highest BCUT2D eigenvalue weighted by Crippen LogP contribution is 2.28. The molecule has 0 saturated carbocycles. The molecule has 0 spiro atoms. The lowest BCUT2D eigenvalue weighted by molar-refractivity contribution is 0.407. The smallest absolute Gasteiger partial charge is 0.345 e. The Kier molecular flexibility index (Phi) is 2.08. The first-order valence-electron chi connectivity index (χ1n) is 5.15. The van der Waals surface area contributed by atoms with Gasteiger partial charge in [0.2, 0.25) is 0 Å². The largest absolute Gasteiger partial charge is 0.493 e. The number of methoxy groups -OCH3 is 1. The number of nitrogens with zero attached hydrogens (tertiary/aromatic N) is 1. The van der Waals surface area contributed by atoms with Crippen LogP contribution in [0.4, 0.5) is 0 Å². The van der Waals surface area contributed by atoms with Crippen molar-refractivity contribution in [3.05, 3.63) is 47.1 Å². The lowest BCUT2D eigenvalue weighted by Gasteiger charge is -2.05. The van der Waals surface area contributed by atoms with Crippen LogP contribution >= 0.6 is 0 Å². The third kappa shape index (κ3) is 1.38. The summed E-state index contributed by atoms with van der Waals surface area (Å²) in [4.78, 5) is 15.7. The summed E-state index contributed by atoms with van der Waals surface area (Å²) in [5.74, 6) is 0.554. The van der Waals surface area contributed by atoms with Crippen molar-refractivity contribution in [1.82, 2.24) is 4.98 Å². The molecule has 0 bridgehead atoms. The predicted molar refractivity (Wildman–Crippen MR) is 64.3 cm³/mol. The van der Waals surface area contributed by atoms with Crippen LogP contribution in [-0.2, 0) is 0 Å². The number of ether oxygens (including phenoxy) is 1. The van der Waals surface area contributed by atoms with Crippen LogP contribution in [0.5, 0.6) is 5.75 Å². The summed E-state index contributed by atoms with van der Waals surface area (Å²) in [6.45, 7) is 0. The van der Waals surface area contributed by atoms with Crippen molar-refractivity contribution in [2.24, 2.45) is 0 Å². The van der Waals surface area contributed by atoms with Crippen LogP contribution in [0.15, 0.2) is 45.9 Å². The van der Waals surface area contributed by atoms with Gasteiger partial charge in [-0.25, -0.2) is 4.79 Å². The Morgan fingerprint density at radius 2 is 2.06 bits per heavy atom. The molecule has 0 atom stereocenters. The molecule has 0 radical (unpaired) electrons. The van der Waals surface area contributed by atoms with E-state index in [1.165, 1.54) is 6.20 Å². The molecule has 0 aliphatic rings. The minimum absolute atomic E-state index is 0.398. The molecule has 3 aromatic rings. The fraction of sp³-hybridized carbons (Fsp3) is 0.0769. The number of hydrogen-bond acceptors (Lipinski definition) is 4. The van der Waals surface area contributed by atoms with E-state index in [1.807, 2.05) is 12.1 Å². The Hall–Kier alpha value is -2.36. The first-order valence-corrected chi connectivity index (χ1v) is 5.15. The van der Waals surface area contributed by atoms with E-state index >= 15 is 0 Å². The van der Waals surface area contributed by atoms with Crippen LogP contribution in [0, 0.1) is 0 Å². The minimum atomic E-state index is -0.398. The third-order valence-electron chi connectivity index (χ3n) is 2.72. The molecule has 1 aromatic carbocycles. The second kappa shape index (κ2) is 3.59. The molecule has 0 fully saturated rings. The van der Waals surface area contributed by atoms with Gasteiger partial charge in [-0.15, -0.1) is 0 Å². The topological polar surface area (TPSA) is 52.3 Å². The van der Waals surface area contributed by atoms with Gasteiger partial charge in [0.05, 0.1) is 12.5 Å². The molecule has 84 valence electrons. The van der Waals surface area contributed by atoms with E-state index in [4.69, 9.17) is 9.15 Å². The summed E-state index contributed by atoms with van der Waals surface area (Å²) in [6.07, 6.45) is 3.17. The molecule has 0 saturated heterocycles. The molecule has 17 heavy (non-hydrogen) atoms. The molecule has 0 N–H and O–H groups in total. The van der Waals surface area contributed by atoms with E-state index in [0.29, 0.717) is 16.7 Å². The maximum absolute atomic E-state index is 11.8. The molecule has 4 heteroatoms. The van der Waals surface area contributed by atoms with Crippen LogP contribution in [0.25, 0.3) is 21.7 Å². The number of pyridine rings is 1. The molecular weight excluding hydrogens is 218 g/mol. The van der Waals surface area contributed by atoms with Crippen molar-refractivity contribution in [2.45, 2.75) is 0 Å². The fourth-order valence-electron chi connectivity index (χ4n) is 1.93. The van der Waals surface area contributed by atoms with Crippen molar-refractivity contribution in [2.75, 3.05) is 7.11 Å². The highest BCUT2D eigenvalue weighted by molar-refractivity contribution is 6.05. The highest BCUT2D eigenvalue weighted by atomic mass is 16.5. The van der Waals surface area contributed by atoms with E-state index in [2.05, 4.69) is 4.98 Å². The number of aromatic nitrogens is 1. The van der Waals surface area contributed by atoms with Crippen molar-refractivity contribution in [3.63, 3.8) is 0 Å². The Balaban J connectivity index is 2.62. The van der Waals surface area contributed by atoms with Gasteiger partial charge in [0.25, 0.3) is 0 Å². The van der Waals surface area contributed by atoms with Gasteiger partial charge in [-0.1, -0.05) is 12.1 Å². The summed E-state index contributed by atoms with van der Waals surface area (Å²) in [5.41, 5.74) is 0.0730. The standard InChI is InChI=1S/C13H9NO3/c1-16-11-4-2-3-9-8-5-6-14-7-10(8)13(15)17-12(9)11/h2-7H,1H3. The molecule has 0 amide bonds. The molecular formula is C13H9NO3. The summed E-state index contributed by atoms with van der Waals surface area (Å²) < 4.78 is 10.5. The van der Waals surface area contributed by atoms with Crippen LogP contribution in [0.1, 0.15) is 0 Å². The van der Waals surface area contributed by atoms with E-state index in [0.717, 1.165) is 10.8 Å². The highest BCUT2D eigenvalue weighted by Gasteiger charge is 2.10. The number of hydrogen-bond donors (Lipinski definition) is 0. The first-order chi connectivity index (χ1) is 8.31. The van der Waals surface area contributed by atoms with Gasteiger partial charge in [0.15, 0.2) is 11.3 Å². The molecule has 2 aromatic heterocycles. The van der Waals surface area contributed by atoms with Gasteiger partial charge in [-0.2, -0.15) is 0 Å². The van der Waals surface area contributed by atoms with Crippen molar-refractivity contribution in [3.8, 4) is 5.75 Å². The number of rotatable bonds is 1. The zero-order valence-corrected chi connectivity index (χ0v) is 9.14. The van der Waals surface area contributed by atoms with Crippen LogP contribution < -0.4 is 10.4 Å². The van der Waals surface area contributed by atoms with Crippen LogP contribution in [0.3, 0.4) is 0 Å². The van der Waals surface area contributed by atoms with E-state index < -0.39 is 5.63 Å².